The van der Waals surface area contributed by atoms with Crippen LogP contribution >= 0.6 is 15.9 Å². The number of pyridine rings is 1. The van der Waals surface area contributed by atoms with Crippen LogP contribution in [0.3, 0.4) is 0 Å². The zero-order chi connectivity index (χ0) is 12.6. The molecular weight excluding hydrogens is 292 g/mol. The first kappa shape index (κ1) is 12.0. The Morgan fingerprint density at radius 1 is 1.29 bits per heavy atom. The minimum absolute atomic E-state index is 0.154. The molecule has 0 fully saturated rings. The zero-order valence-electron chi connectivity index (χ0n) is 8.85. The summed E-state index contributed by atoms with van der Waals surface area (Å²) in [4.78, 5) is 13.6. The fraction of sp³-hybridized carbons (Fsp3) is 0.0833. The third-order valence-electron chi connectivity index (χ3n) is 2.42. The average molecular weight is 300 g/mol. The van der Waals surface area contributed by atoms with Crippen LogP contribution in [0.15, 0.2) is 33.7 Å². The number of aryl methyl sites for hydroxylation is 1. The first-order valence-corrected chi connectivity index (χ1v) is 5.63. The molecule has 0 spiro atoms. The van der Waals surface area contributed by atoms with E-state index < -0.39 is 11.6 Å². The standard InChI is InChI=1S/C12H8BrF2NO/c1-6-4-7(5-16-12(6)17)10-9(14)3-2-8(13)11(10)15/h2-5H,1H3,(H,16,17). The van der Waals surface area contributed by atoms with E-state index in [0.717, 1.165) is 0 Å². The van der Waals surface area contributed by atoms with Crippen molar-refractivity contribution >= 4 is 15.9 Å². The van der Waals surface area contributed by atoms with Gasteiger partial charge in [-0.2, -0.15) is 0 Å². The van der Waals surface area contributed by atoms with Crippen LogP contribution in [0.25, 0.3) is 11.1 Å². The van der Waals surface area contributed by atoms with Gasteiger partial charge >= 0.3 is 0 Å². The van der Waals surface area contributed by atoms with Crippen LogP contribution in [0, 0.1) is 18.6 Å². The Bertz CT molecular complexity index is 637. The van der Waals surface area contributed by atoms with Gasteiger partial charge in [0.05, 0.1) is 10.0 Å². The molecule has 2 aromatic rings. The van der Waals surface area contributed by atoms with E-state index in [4.69, 9.17) is 0 Å². The molecule has 0 aliphatic heterocycles. The molecule has 0 aliphatic carbocycles. The first-order chi connectivity index (χ1) is 8.00. The number of aromatic nitrogens is 1. The van der Waals surface area contributed by atoms with Crippen molar-refractivity contribution in [2.45, 2.75) is 6.92 Å². The molecule has 1 heterocycles. The lowest BCUT2D eigenvalue weighted by Gasteiger charge is -2.07. The number of hydrogen-bond acceptors (Lipinski definition) is 1. The molecule has 0 unspecified atom stereocenters. The van der Waals surface area contributed by atoms with Crippen molar-refractivity contribution in [1.82, 2.24) is 4.98 Å². The van der Waals surface area contributed by atoms with E-state index in [-0.39, 0.29) is 15.6 Å². The number of aromatic amines is 1. The molecule has 0 radical (unpaired) electrons. The van der Waals surface area contributed by atoms with Crippen LogP contribution in [0.5, 0.6) is 0 Å². The highest BCUT2D eigenvalue weighted by molar-refractivity contribution is 9.10. The summed E-state index contributed by atoms with van der Waals surface area (Å²) in [5.41, 5.74) is 0.281. The third kappa shape index (κ3) is 2.15. The van der Waals surface area contributed by atoms with Crippen molar-refractivity contribution in [2.75, 3.05) is 0 Å². The molecule has 0 bridgehead atoms. The van der Waals surface area contributed by atoms with Crippen molar-refractivity contribution in [3.8, 4) is 11.1 Å². The van der Waals surface area contributed by atoms with Gasteiger partial charge in [0.15, 0.2) is 0 Å². The second-order valence-electron chi connectivity index (χ2n) is 3.62. The van der Waals surface area contributed by atoms with E-state index in [1.807, 2.05) is 0 Å². The normalized spacial score (nSPS) is 10.6. The maximum absolute atomic E-state index is 13.8. The number of nitrogens with one attached hydrogen (secondary N) is 1. The van der Waals surface area contributed by atoms with Gasteiger partial charge in [0, 0.05) is 17.3 Å². The summed E-state index contributed by atoms with van der Waals surface area (Å²) in [5.74, 6) is -1.35. The average Bonchev–Trinajstić information content (AvgIpc) is 2.29. The highest BCUT2D eigenvalue weighted by atomic mass is 79.9. The molecule has 88 valence electrons. The summed E-state index contributed by atoms with van der Waals surface area (Å²) in [6, 6.07) is 3.92. The lowest BCUT2D eigenvalue weighted by Crippen LogP contribution is -2.08. The van der Waals surface area contributed by atoms with Crippen LogP contribution in [0.2, 0.25) is 0 Å². The quantitative estimate of drug-likeness (QED) is 0.805. The van der Waals surface area contributed by atoms with Crippen LogP contribution in [-0.4, -0.2) is 4.98 Å². The highest BCUT2D eigenvalue weighted by Crippen LogP contribution is 2.30. The van der Waals surface area contributed by atoms with E-state index in [1.165, 1.54) is 24.4 Å². The summed E-state index contributed by atoms with van der Waals surface area (Å²) in [6.07, 6.45) is 1.29. The third-order valence-corrected chi connectivity index (χ3v) is 3.03. The van der Waals surface area contributed by atoms with E-state index in [9.17, 15) is 13.6 Å². The van der Waals surface area contributed by atoms with E-state index in [2.05, 4.69) is 20.9 Å². The van der Waals surface area contributed by atoms with E-state index in [1.54, 1.807) is 6.92 Å². The van der Waals surface area contributed by atoms with Gasteiger partial charge in [-0.05, 0) is 41.1 Å². The lowest BCUT2D eigenvalue weighted by molar-refractivity contribution is 0.585. The molecule has 0 aliphatic rings. The molecule has 5 heteroatoms. The van der Waals surface area contributed by atoms with Crippen LogP contribution in [0.1, 0.15) is 5.56 Å². The smallest absolute Gasteiger partial charge is 0.250 e. The Hall–Kier alpha value is -1.49. The predicted molar refractivity (Wildman–Crippen MR) is 64.9 cm³/mol. The predicted octanol–water partition coefficient (Wildman–Crippen LogP) is 3.39. The maximum atomic E-state index is 13.8. The first-order valence-electron chi connectivity index (χ1n) is 4.84. The molecular formula is C12H8BrF2NO. The largest absolute Gasteiger partial charge is 0.328 e. The molecule has 0 atom stereocenters. The van der Waals surface area contributed by atoms with Gasteiger partial charge in [-0.15, -0.1) is 0 Å². The van der Waals surface area contributed by atoms with Gasteiger partial charge in [-0.1, -0.05) is 0 Å². The Morgan fingerprint density at radius 2 is 2.00 bits per heavy atom. The number of rotatable bonds is 1. The molecule has 1 aromatic heterocycles. The van der Waals surface area contributed by atoms with Gasteiger partial charge in [0.2, 0.25) is 0 Å². The number of benzene rings is 1. The second-order valence-corrected chi connectivity index (χ2v) is 4.47. The Morgan fingerprint density at radius 3 is 2.65 bits per heavy atom. The molecule has 1 aromatic carbocycles. The van der Waals surface area contributed by atoms with Gasteiger partial charge < -0.3 is 4.98 Å². The van der Waals surface area contributed by atoms with Gasteiger partial charge in [0.1, 0.15) is 11.6 Å². The van der Waals surface area contributed by atoms with Crippen LogP contribution in [0.4, 0.5) is 8.78 Å². The second kappa shape index (κ2) is 4.41. The minimum Gasteiger partial charge on any atom is -0.328 e. The van der Waals surface area contributed by atoms with Crippen molar-refractivity contribution in [1.29, 1.82) is 0 Å². The van der Waals surface area contributed by atoms with Crippen molar-refractivity contribution in [3.63, 3.8) is 0 Å². The summed E-state index contributed by atoms with van der Waals surface area (Å²) >= 11 is 3.00. The topological polar surface area (TPSA) is 32.9 Å². The van der Waals surface area contributed by atoms with Gasteiger partial charge in [0.25, 0.3) is 5.56 Å². The van der Waals surface area contributed by atoms with Crippen molar-refractivity contribution < 1.29 is 8.78 Å². The summed E-state index contributed by atoms with van der Waals surface area (Å²) < 4.78 is 27.6. The maximum Gasteiger partial charge on any atom is 0.250 e. The fourth-order valence-corrected chi connectivity index (χ4v) is 1.86. The molecule has 0 saturated heterocycles. The Kier molecular flexibility index (Phi) is 3.11. The fourth-order valence-electron chi connectivity index (χ4n) is 1.53. The molecule has 0 saturated carbocycles. The molecule has 2 rings (SSSR count). The SMILES string of the molecule is Cc1cc(-c2c(F)ccc(Br)c2F)c[nH]c1=O. The molecule has 1 N–H and O–H groups in total. The van der Waals surface area contributed by atoms with Crippen molar-refractivity contribution in [2.24, 2.45) is 0 Å². The monoisotopic (exact) mass is 299 g/mol. The Labute approximate surface area is 104 Å². The van der Waals surface area contributed by atoms with Crippen molar-refractivity contribution in [3.05, 3.63) is 56.4 Å². The Balaban J connectivity index is 2.72. The minimum atomic E-state index is -0.684. The van der Waals surface area contributed by atoms with E-state index >= 15 is 0 Å². The van der Waals surface area contributed by atoms with E-state index in [0.29, 0.717) is 11.1 Å². The lowest BCUT2D eigenvalue weighted by atomic mass is 10.1. The highest BCUT2D eigenvalue weighted by Gasteiger charge is 2.14. The van der Waals surface area contributed by atoms with Crippen LogP contribution < -0.4 is 5.56 Å². The van der Waals surface area contributed by atoms with Gasteiger partial charge in [-0.3, -0.25) is 4.79 Å². The summed E-state index contributed by atoms with van der Waals surface area (Å²) in [6.45, 7) is 1.58. The molecule has 2 nitrogen and oxygen atoms in total. The number of halogens is 3. The molecule has 0 amide bonds. The summed E-state index contributed by atoms with van der Waals surface area (Å²) in [7, 11) is 0. The number of H-pyrrole nitrogens is 1. The molecule has 17 heavy (non-hydrogen) atoms. The zero-order valence-corrected chi connectivity index (χ0v) is 10.4. The summed E-state index contributed by atoms with van der Waals surface area (Å²) in [5, 5.41) is 0. The van der Waals surface area contributed by atoms with Crippen LogP contribution in [-0.2, 0) is 0 Å². The number of hydrogen-bond donors (Lipinski definition) is 1. The van der Waals surface area contributed by atoms with Gasteiger partial charge in [-0.25, -0.2) is 8.78 Å².